The Balaban J connectivity index is 2.38. The number of benzene rings is 1. The van der Waals surface area contributed by atoms with E-state index in [9.17, 15) is 0 Å². The molecule has 0 spiro atoms. The normalized spacial score (nSPS) is 12.4. The number of ether oxygens (including phenoxy) is 1. The molecule has 19 heavy (non-hydrogen) atoms. The zero-order chi connectivity index (χ0) is 14.1. The highest BCUT2D eigenvalue weighted by atomic mass is 79.9. The van der Waals surface area contributed by atoms with Crippen molar-refractivity contribution in [3.05, 3.63) is 28.2 Å². The first-order valence-corrected chi connectivity index (χ1v) is 7.68. The topological polar surface area (TPSA) is 33.3 Å². The van der Waals surface area contributed by atoms with Gasteiger partial charge in [0.15, 0.2) is 0 Å². The lowest BCUT2D eigenvalue weighted by Crippen LogP contribution is -2.30. The van der Waals surface area contributed by atoms with Crippen LogP contribution in [0.1, 0.15) is 18.9 Å². The Hall–Kier alpha value is -0.580. The summed E-state index contributed by atoms with van der Waals surface area (Å²) in [7, 11) is 3.73. The van der Waals surface area contributed by atoms with E-state index < -0.39 is 0 Å². The van der Waals surface area contributed by atoms with Crippen molar-refractivity contribution in [3.63, 3.8) is 0 Å². The van der Waals surface area contributed by atoms with Gasteiger partial charge < -0.3 is 15.4 Å². The van der Waals surface area contributed by atoms with Gasteiger partial charge >= 0.3 is 0 Å². The van der Waals surface area contributed by atoms with Gasteiger partial charge in [0.2, 0.25) is 0 Å². The standard InChI is InChI=1S/C15H25BrN2O/c1-4-12(10-17-2)11-18-8-7-13-9-14(16)5-6-15(13)19-3/h5-6,9,12,17-18H,4,7-8,10-11H2,1-3H3. The molecule has 0 aliphatic heterocycles. The summed E-state index contributed by atoms with van der Waals surface area (Å²) < 4.78 is 6.48. The summed E-state index contributed by atoms with van der Waals surface area (Å²) in [5.41, 5.74) is 1.24. The zero-order valence-electron chi connectivity index (χ0n) is 12.1. The third kappa shape index (κ3) is 5.93. The van der Waals surface area contributed by atoms with E-state index in [1.807, 2.05) is 19.2 Å². The van der Waals surface area contributed by atoms with Crippen LogP contribution in [0.4, 0.5) is 0 Å². The molecule has 1 aromatic carbocycles. The molecule has 0 fully saturated rings. The molecule has 0 heterocycles. The summed E-state index contributed by atoms with van der Waals surface area (Å²) in [6.07, 6.45) is 2.19. The molecule has 0 aliphatic rings. The van der Waals surface area contributed by atoms with Crippen molar-refractivity contribution in [1.82, 2.24) is 10.6 Å². The van der Waals surface area contributed by atoms with Gasteiger partial charge in [-0.2, -0.15) is 0 Å². The predicted molar refractivity (Wildman–Crippen MR) is 85.0 cm³/mol. The molecule has 108 valence electrons. The van der Waals surface area contributed by atoms with Gasteiger partial charge in [-0.1, -0.05) is 29.3 Å². The quantitative estimate of drug-likeness (QED) is 0.684. The van der Waals surface area contributed by atoms with Crippen LogP contribution in [0.3, 0.4) is 0 Å². The Labute approximate surface area is 125 Å². The first-order chi connectivity index (χ1) is 9.21. The van der Waals surface area contributed by atoms with Crippen molar-refractivity contribution >= 4 is 15.9 Å². The Morgan fingerprint density at radius 3 is 2.74 bits per heavy atom. The van der Waals surface area contributed by atoms with Crippen LogP contribution in [0.2, 0.25) is 0 Å². The highest BCUT2D eigenvalue weighted by Crippen LogP contribution is 2.23. The lowest BCUT2D eigenvalue weighted by molar-refractivity contribution is 0.407. The Morgan fingerprint density at radius 1 is 1.32 bits per heavy atom. The summed E-state index contributed by atoms with van der Waals surface area (Å²) in [5, 5.41) is 6.77. The fraction of sp³-hybridized carbons (Fsp3) is 0.600. The molecule has 1 atom stereocenters. The molecule has 4 heteroatoms. The third-order valence-corrected chi connectivity index (χ3v) is 3.81. The lowest BCUT2D eigenvalue weighted by Gasteiger charge is -2.15. The smallest absolute Gasteiger partial charge is 0.122 e. The van der Waals surface area contributed by atoms with Crippen molar-refractivity contribution < 1.29 is 4.74 Å². The predicted octanol–water partition coefficient (Wildman–Crippen LogP) is 2.84. The lowest BCUT2D eigenvalue weighted by atomic mass is 10.1. The fourth-order valence-corrected chi connectivity index (χ4v) is 2.53. The molecule has 1 rings (SSSR count). The van der Waals surface area contributed by atoms with Gasteiger partial charge in [-0.3, -0.25) is 0 Å². The summed E-state index contributed by atoms with van der Waals surface area (Å²) >= 11 is 3.51. The average molecular weight is 329 g/mol. The van der Waals surface area contributed by atoms with Gasteiger partial charge in [0.1, 0.15) is 5.75 Å². The maximum atomic E-state index is 5.38. The van der Waals surface area contributed by atoms with Gasteiger partial charge in [-0.25, -0.2) is 0 Å². The molecule has 0 amide bonds. The molecule has 1 unspecified atom stereocenters. The summed E-state index contributed by atoms with van der Waals surface area (Å²) in [4.78, 5) is 0. The van der Waals surface area contributed by atoms with E-state index in [0.717, 1.165) is 36.3 Å². The second-order valence-electron chi connectivity index (χ2n) is 4.74. The van der Waals surface area contributed by atoms with Crippen molar-refractivity contribution in [2.45, 2.75) is 19.8 Å². The van der Waals surface area contributed by atoms with Crippen LogP contribution in [-0.2, 0) is 6.42 Å². The van der Waals surface area contributed by atoms with E-state index in [0.29, 0.717) is 5.92 Å². The highest BCUT2D eigenvalue weighted by Gasteiger charge is 2.06. The number of rotatable bonds is 9. The number of halogens is 1. The van der Waals surface area contributed by atoms with E-state index >= 15 is 0 Å². The minimum absolute atomic E-state index is 0.703. The van der Waals surface area contributed by atoms with Crippen molar-refractivity contribution in [1.29, 1.82) is 0 Å². The van der Waals surface area contributed by atoms with Gasteiger partial charge in [0, 0.05) is 4.47 Å². The van der Waals surface area contributed by atoms with Crippen LogP contribution >= 0.6 is 15.9 Å². The maximum Gasteiger partial charge on any atom is 0.122 e. The minimum Gasteiger partial charge on any atom is -0.496 e. The van der Waals surface area contributed by atoms with Crippen molar-refractivity contribution in [2.75, 3.05) is 33.8 Å². The van der Waals surface area contributed by atoms with E-state index in [4.69, 9.17) is 4.74 Å². The van der Waals surface area contributed by atoms with Crippen molar-refractivity contribution in [3.8, 4) is 5.75 Å². The van der Waals surface area contributed by atoms with Gasteiger partial charge in [0.25, 0.3) is 0 Å². The Morgan fingerprint density at radius 2 is 2.11 bits per heavy atom. The average Bonchev–Trinajstić information content (AvgIpc) is 2.42. The molecule has 1 aromatic rings. The fourth-order valence-electron chi connectivity index (χ4n) is 2.12. The zero-order valence-corrected chi connectivity index (χ0v) is 13.7. The molecule has 0 bridgehead atoms. The largest absolute Gasteiger partial charge is 0.496 e. The van der Waals surface area contributed by atoms with Crippen LogP contribution < -0.4 is 15.4 Å². The van der Waals surface area contributed by atoms with Crippen LogP contribution in [0, 0.1) is 5.92 Å². The summed E-state index contributed by atoms with van der Waals surface area (Å²) in [6.45, 7) is 5.35. The number of nitrogens with one attached hydrogen (secondary N) is 2. The van der Waals surface area contributed by atoms with Gasteiger partial charge in [-0.15, -0.1) is 0 Å². The second kappa shape index (κ2) is 9.34. The van der Waals surface area contributed by atoms with Crippen LogP contribution in [0.15, 0.2) is 22.7 Å². The van der Waals surface area contributed by atoms with E-state index in [2.05, 4.69) is 39.6 Å². The molecule has 0 saturated heterocycles. The molecule has 2 N–H and O–H groups in total. The van der Waals surface area contributed by atoms with Gasteiger partial charge in [0.05, 0.1) is 7.11 Å². The number of hydrogen-bond acceptors (Lipinski definition) is 3. The first kappa shape index (κ1) is 16.5. The SMILES string of the molecule is CCC(CNC)CNCCc1cc(Br)ccc1OC. The van der Waals surface area contributed by atoms with E-state index in [1.54, 1.807) is 7.11 Å². The monoisotopic (exact) mass is 328 g/mol. The molecule has 0 aromatic heterocycles. The van der Waals surface area contributed by atoms with Gasteiger partial charge in [-0.05, 0) is 62.8 Å². The second-order valence-corrected chi connectivity index (χ2v) is 5.66. The maximum absolute atomic E-state index is 5.38. The Kier molecular flexibility index (Phi) is 8.10. The first-order valence-electron chi connectivity index (χ1n) is 6.89. The van der Waals surface area contributed by atoms with Crippen LogP contribution in [0.25, 0.3) is 0 Å². The Bertz CT molecular complexity index is 371. The number of methoxy groups -OCH3 is 1. The number of hydrogen-bond donors (Lipinski definition) is 2. The third-order valence-electron chi connectivity index (χ3n) is 3.32. The van der Waals surface area contributed by atoms with Crippen molar-refractivity contribution in [2.24, 2.45) is 5.92 Å². The molecule has 0 aliphatic carbocycles. The highest BCUT2D eigenvalue weighted by molar-refractivity contribution is 9.10. The molecule has 0 radical (unpaired) electrons. The van der Waals surface area contributed by atoms with Crippen LogP contribution in [-0.4, -0.2) is 33.8 Å². The molecular weight excluding hydrogens is 304 g/mol. The van der Waals surface area contributed by atoms with E-state index in [1.165, 1.54) is 12.0 Å². The molecule has 3 nitrogen and oxygen atoms in total. The van der Waals surface area contributed by atoms with Crippen LogP contribution in [0.5, 0.6) is 5.75 Å². The van der Waals surface area contributed by atoms with E-state index in [-0.39, 0.29) is 0 Å². The molecule has 0 saturated carbocycles. The summed E-state index contributed by atoms with van der Waals surface area (Å²) in [5.74, 6) is 1.67. The molecular formula is C15H25BrN2O. The summed E-state index contributed by atoms with van der Waals surface area (Å²) in [6, 6.07) is 6.15. The minimum atomic E-state index is 0.703.